The normalized spacial score (nSPS) is 13.6. The van der Waals surface area contributed by atoms with E-state index in [9.17, 15) is 0 Å². The quantitative estimate of drug-likeness (QED) is 0.760. The maximum Gasteiger partial charge on any atom is 0.104 e. The van der Waals surface area contributed by atoms with Gasteiger partial charge in [-0.15, -0.1) is 0 Å². The highest BCUT2D eigenvalue weighted by atomic mass is 28.4. The van der Waals surface area contributed by atoms with E-state index in [1.54, 1.807) is 0 Å². The first-order valence-corrected chi connectivity index (χ1v) is 10.7. The molecule has 14 heavy (non-hydrogen) atoms. The molecule has 0 unspecified atom stereocenters. The summed E-state index contributed by atoms with van der Waals surface area (Å²) in [5, 5.41) is 1.49. The lowest BCUT2D eigenvalue weighted by Gasteiger charge is -2.42. The molecule has 0 fully saturated rings. The van der Waals surface area contributed by atoms with Gasteiger partial charge >= 0.3 is 0 Å². The minimum absolute atomic E-state index is 0.251. The first-order chi connectivity index (χ1) is 6.30. The van der Waals surface area contributed by atoms with Crippen LogP contribution in [0.4, 0.5) is 0 Å². The van der Waals surface area contributed by atoms with Crippen molar-refractivity contribution in [2.45, 2.75) is 44.7 Å². The van der Waals surface area contributed by atoms with Crippen LogP contribution in [0.1, 0.15) is 13.8 Å². The van der Waals surface area contributed by atoms with Gasteiger partial charge in [-0.2, -0.15) is 0 Å². The Bertz CT molecular complexity index is 286. The third-order valence-corrected chi connectivity index (χ3v) is 14.7. The molecule has 1 nitrogen and oxygen atoms in total. The minimum Gasteiger partial charge on any atom is -0.369 e. The summed E-state index contributed by atoms with van der Waals surface area (Å²) >= 11 is 0. The summed E-state index contributed by atoms with van der Waals surface area (Å²) in [4.78, 5) is 3.42. The van der Waals surface area contributed by atoms with E-state index in [0.29, 0.717) is 4.66 Å². The zero-order valence-corrected chi connectivity index (χ0v) is 12.2. The Morgan fingerprint density at radius 3 is 2.21 bits per heavy atom. The second-order valence-corrected chi connectivity index (χ2v) is 14.1. The van der Waals surface area contributed by atoms with Gasteiger partial charge in [-0.25, -0.2) is 0 Å². The number of aromatic amines is 1. The van der Waals surface area contributed by atoms with Crippen molar-refractivity contribution >= 4 is 22.2 Å². The average Bonchev–Trinajstić information content (AvgIpc) is 2.55. The molecule has 0 aliphatic rings. The molecule has 1 rings (SSSR count). The third-order valence-electron chi connectivity index (χ3n) is 4.08. The Balaban J connectivity index is 3.07. The van der Waals surface area contributed by atoms with Gasteiger partial charge in [0, 0.05) is 15.0 Å². The lowest BCUT2D eigenvalue weighted by Crippen LogP contribution is -2.55. The number of hydrogen-bond acceptors (Lipinski definition) is 0. The van der Waals surface area contributed by atoms with Crippen LogP contribution >= 0.6 is 0 Å². The molecule has 0 atom stereocenters. The Labute approximate surface area is 90.6 Å². The molecule has 0 saturated carbocycles. The van der Waals surface area contributed by atoms with Gasteiger partial charge in [0.2, 0.25) is 0 Å². The number of H-pyrrole nitrogens is 1. The second kappa shape index (κ2) is 3.70. The van der Waals surface area contributed by atoms with E-state index < -0.39 is 8.07 Å². The number of aromatic nitrogens is 1. The van der Waals surface area contributed by atoms with Gasteiger partial charge in [0.05, 0.1) is 0 Å². The summed E-state index contributed by atoms with van der Waals surface area (Å²) in [6.45, 7) is 14.7. The van der Waals surface area contributed by atoms with E-state index in [2.05, 4.69) is 63.3 Å². The highest BCUT2D eigenvalue weighted by molar-refractivity contribution is 7.00. The van der Waals surface area contributed by atoms with Gasteiger partial charge in [-0.1, -0.05) is 40.0 Å². The summed E-state index contributed by atoms with van der Waals surface area (Å²) < 4.78 is 0.530. The fraction of sp³-hybridized carbons (Fsp3) is 0.636. The molecule has 1 radical (unpaired) electrons. The molecule has 1 aromatic heterocycles. The van der Waals surface area contributed by atoms with Gasteiger partial charge in [0.15, 0.2) is 0 Å². The lowest BCUT2D eigenvalue weighted by atomic mass is 10.5. The lowest BCUT2D eigenvalue weighted by molar-refractivity contribution is 0.888. The van der Waals surface area contributed by atoms with Crippen LogP contribution in [0.5, 0.6) is 0 Å². The van der Waals surface area contributed by atoms with Crippen molar-refractivity contribution in [3.8, 4) is 0 Å². The highest BCUT2D eigenvalue weighted by Gasteiger charge is 2.43. The van der Waals surface area contributed by atoms with Crippen LogP contribution in [-0.2, 0) is 0 Å². The Morgan fingerprint density at radius 1 is 1.29 bits per heavy atom. The molecule has 0 aromatic carbocycles. The predicted octanol–water partition coefficient (Wildman–Crippen LogP) is 3.00. The maximum absolute atomic E-state index is 3.42. The second-order valence-electron chi connectivity index (χ2n) is 5.33. The molecule has 1 heterocycles. The molecule has 0 aliphatic heterocycles. The summed E-state index contributed by atoms with van der Waals surface area (Å²) in [5.74, 6) is 0. The minimum atomic E-state index is -1.33. The standard InChI is InChI=1S/C11H22NSi2/c1-11(2,13(3)4)14(5,6)10-8-7-9-12-10/h7-9,12H,1-6H3. The van der Waals surface area contributed by atoms with E-state index in [1.807, 2.05) is 0 Å². The van der Waals surface area contributed by atoms with E-state index in [0.717, 1.165) is 0 Å². The van der Waals surface area contributed by atoms with Crippen molar-refractivity contribution < 1.29 is 0 Å². The van der Waals surface area contributed by atoms with E-state index in [4.69, 9.17) is 0 Å². The molecular weight excluding hydrogens is 202 g/mol. The van der Waals surface area contributed by atoms with Gasteiger partial charge in [0.25, 0.3) is 0 Å². The molecule has 0 bridgehead atoms. The maximum atomic E-state index is 3.42. The van der Waals surface area contributed by atoms with Crippen LogP contribution in [0.3, 0.4) is 0 Å². The van der Waals surface area contributed by atoms with Crippen molar-refractivity contribution in [2.75, 3.05) is 0 Å². The van der Waals surface area contributed by atoms with Crippen molar-refractivity contribution in [2.24, 2.45) is 0 Å². The van der Waals surface area contributed by atoms with Crippen molar-refractivity contribution in [1.82, 2.24) is 4.98 Å². The molecule has 0 amide bonds. The Kier molecular flexibility index (Phi) is 3.12. The molecule has 0 saturated heterocycles. The van der Waals surface area contributed by atoms with E-state index >= 15 is 0 Å². The highest BCUT2D eigenvalue weighted by Crippen LogP contribution is 2.38. The number of hydrogen-bond donors (Lipinski definition) is 1. The molecule has 79 valence electrons. The molecule has 1 N–H and O–H groups in total. The molecular formula is C11H22NSi2. The van der Waals surface area contributed by atoms with Crippen LogP contribution in [0.15, 0.2) is 18.3 Å². The summed E-state index contributed by atoms with van der Waals surface area (Å²) in [7, 11) is -1.58. The van der Waals surface area contributed by atoms with Crippen LogP contribution in [0.2, 0.25) is 30.8 Å². The van der Waals surface area contributed by atoms with E-state index in [1.165, 1.54) is 5.32 Å². The SMILES string of the molecule is C[Si](C)C(C)(C)[Si](C)(C)c1ccc[nH]1. The molecule has 1 aromatic rings. The van der Waals surface area contributed by atoms with Gasteiger partial charge < -0.3 is 4.98 Å². The zero-order valence-electron chi connectivity index (χ0n) is 10.2. The van der Waals surface area contributed by atoms with Crippen molar-refractivity contribution in [1.29, 1.82) is 0 Å². The largest absolute Gasteiger partial charge is 0.369 e. The molecule has 0 spiro atoms. The van der Waals surface area contributed by atoms with Gasteiger partial charge in [0.1, 0.15) is 8.07 Å². The van der Waals surface area contributed by atoms with Crippen LogP contribution in [0, 0.1) is 0 Å². The smallest absolute Gasteiger partial charge is 0.104 e. The molecule has 0 aliphatic carbocycles. The summed E-state index contributed by atoms with van der Waals surface area (Å²) in [6, 6.07) is 4.39. The van der Waals surface area contributed by atoms with Crippen molar-refractivity contribution in [3.63, 3.8) is 0 Å². The van der Waals surface area contributed by atoms with Crippen LogP contribution in [0.25, 0.3) is 0 Å². The monoisotopic (exact) mass is 224 g/mol. The first kappa shape index (κ1) is 11.8. The predicted molar refractivity (Wildman–Crippen MR) is 69.4 cm³/mol. The molecule has 3 heteroatoms. The summed E-state index contributed by atoms with van der Waals surface area (Å²) in [6.07, 6.45) is 2.05. The van der Waals surface area contributed by atoms with Crippen LogP contribution in [-0.4, -0.2) is 21.9 Å². The number of rotatable bonds is 3. The van der Waals surface area contributed by atoms with Crippen molar-refractivity contribution in [3.05, 3.63) is 18.3 Å². The van der Waals surface area contributed by atoms with E-state index in [-0.39, 0.29) is 8.80 Å². The first-order valence-electron chi connectivity index (χ1n) is 5.24. The topological polar surface area (TPSA) is 15.8 Å². The summed E-state index contributed by atoms with van der Waals surface area (Å²) in [5.41, 5.74) is 0. The Morgan fingerprint density at radius 2 is 1.86 bits per heavy atom. The fourth-order valence-electron chi connectivity index (χ4n) is 1.68. The zero-order chi connectivity index (χ0) is 11.0. The third kappa shape index (κ3) is 1.75. The number of nitrogens with one attached hydrogen (secondary N) is 1. The van der Waals surface area contributed by atoms with Gasteiger partial charge in [-0.3, -0.25) is 0 Å². The average molecular weight is 224 g/mol. The van der Waals surface area contributed by atoms with Gasteiger partial charge in [-0.05, 0) is 22.1 Å². The van der Waals surface area contributed by atoms with Crippen LogP contribution < -0.4 is 5.32 Å². The fourth-order valence-corrected chi connectivity index (χ4v) is 8.72. The Hall–Kier alpha value is -0.286.